The molecule has 114 valence electrons. The third-order valence-corrected chi connectivity index (χ3v) is 3.25. The van der Waals surface area contributed by atoms with Crippen molar-refractivity contribution in [3.63, 3.8) is 0 Å². The van der Waals surface area contributed by atoms with E-state index in [0.717, 1.165) is 36.5 Å². The summed E-state index contributed by atoms with van der Waals surface area (Å²) in [5, 5.41) is 4.21. The molecule has 2 aromatic rings. The predicted molar refractivity (Wildman–Crippen MR) is 83.2 cm³/mol. The van der Waals surface area contributed by atoms with Gasteiger partial charge in [0.05, 0.1) is 0 Å². The van der Waals surface area contributed by atoms with Crippen LogP contribution in [-0.4, -0.2) is 20.8 Å². The molecule has 0 spiro atoms. The summed E-state index contributed by atoms with van der Waals surface area (Å²) in [6.07, 6.45) is 3.40. The molecule has 0 radical (unpaired) electrons. The first-order valence-corrected chi connectivity index (χ1v) is 7.44. The van der Waals surface area contributed by atoms with Crippen molar-refractivity contribution in [3.8, 4) is 5.75 Å². The summed E-state index contributed by atoms with van der Waals surface area (Å²) in [5.74, 6) is 1.73. The Hall–Kier alpha value is -1.88. The van der Waals surface area contributed by atoms with Crippen LogP contribution < -0.4 is 10.5 Å². The number of nitrogens with two attached hydrogens (primary N) is 1. The lowest BCUT2D eigenvalue weighted by atomic mass is 10.0. The van der Waals surface area contributed by atoms with Gasteiger partial charge in [-0.05, 0) is 38.3 Å². The van der Waals surface area contributed by atoms with Crippen LogP contribution in [0.3, 0.4) is 0 Å². The molecule has 2 rings (SSSR count). The minimum absolute atomic E-state index is 0.109. The van der Waals surface area contributed by atoms with E-state index in [4.69, 9.17) is 10.5 Å². The Kier molecular flexibility index (Phi) is 5.33. The van der Waals surface area contributed by atoms with Crippen LogP contribution in [0, 0.1) is 6.92 Å². The third kappa shape index (κ3) is 4.29. The Morgan fingerprint density at radius 2 is 2.19 bits per heavy atom. The molecule has 0 aliphatic rings. The van der Waals surface area contributed by atoms with E-state index in [1.54, 1.807) is 6.33 Å². The van der Waals surface area contributed by atoms with E-state index in [1.165, 1.54) is 5.56 Å². The SMILES string of the molecule is CCCn1ncnc1COc1ccc(C)cc1CC(C)N. The lowest BCUT2D eigenvalue weighted by molar-refractivity contribution is 0.283. The fourth-order valence-corrected chi connectivity index (χ4v) is 2.30. The van der Waals surface area contributed by atoms with Gasteiger partial charge in [-0.15, -0.1) is 0 Å². The van der Waals surface area contributed by atoms with Crippen LogP contribution in [0.15, 0.2) is 24.5 Å². The summed E-state index contributed by atoms with van der Waals surface area (Å²) >= 11 is 0. The maximum absolute atomic E-state index is 5.95. The summed E-state index contributed by atoms with van der Waals surface area (Å²) in [4.78, 5) is 4.26. The minimum Gasteiger partial charge on any atom is -0.485 e. The molecule has 0 amide bonds. The van der Waals surface area contributed by atoms with Gasteiger partial charge in [-0.1, -0.05) is 24.6 Å². The Labute approximate surface area is 126 Å². The second kappa shape index (κ2) is 7.22. The standard InChI is InChI=1S/C16H24N4O/c1-4-7-20-16(18-11-19-20)10-21-15-6-5-12(2)8-14(15)9-13(3)17/h5-6,8,11,13H,4,7,9-10,17H2,1-3H3. The number of benzene rings is 1. The van der Waals surface area contributed by atoms with Crippen molar-refractivity contribution in [2.24, 2.45) is 5.73 Å². The van der Waals surface area contributed by atoms with Crippen molar-refractivity contribution < 1.29 is 4.74 Å². The molecule has 0 bridgehead atoms. The first-order chi connectivity index (χ1) is 10.1. The molecule has 5 heteroatoms. The topological polar surface area (TPSA) is 66.0 Å². The second-order valence-corrected chi connectivity index (χ2v) is 5.48. The van der Waals surface area contributed by atoms with E-state index in [9.17, 15) is 0 Å². The molecular formula is C16H24N4O. The van der Waals surface area contributed by atoms with Gasteiger partial charge in [-0.25, -0.2) is 9.67 Å². The zero-order valence-electron chi connectivity index (χ0n) is 13.0. The number of hydrogen-bond donors (Lipinski definition) is 1. The number of hydrogen-bond acceptors (Lipinski definition) is 4. The van der Waals surface area contributed by atoms with Gasteiger partial charge in [0.25, 0.3) is 0 Å². The highest BCUT2D eigenvalue weighted by Crippen LogP contribution is 2.22. The number of rotatable bonds is 7. The quantitative estimate of drug-likeness (QED) is 0.850. The van der Waals surface area contributed by atoms with E-state index in [-0.39, 0.29) is 6.04 Å². The second-order valence-electron chi connectivity index (χ2n) is 5.48. The fraction of sp³-hybridized carbons (Fsp3) is 0.500. The van der Waals surface area contributed by atoms with E-state index in [0.29, 0.717) is 6.61 Å². The largest absolute Gasteiger partial charge is 0.485 e. The molecule has 2 N–H and O–H groups in total. The molecule has 1 aromatic carbocycles. The van der Waals surface area contributed by atoms with Crippen molar-refractivity contribution in [1.29, 1.82) is 0 Å². The predicted octanol–water partition coefficient (Wildman–Crippen LogP) is 2.47. The lowest BCUT2D eigenvalue weighted by Crippen LogP contribution is -2.18. The number of ether oxygens (including phenoxy) is 1. The average Bonchev–Trinajstić information content (AvgIpc) is 2.85. The zero-order valence-corrected chi connectivity index (χ0v) is 13.0. The molecule has 0 saturated heterocycles. The first kappa shape index (κ1) is 15.5. The van der Waals surface area contributed by atoms with Crippen LogP contribution >= 0.6 is 0 Å². The average molecular weight is 288 g/mol. The smallest absolute Gasteiger partial charge is 0.164 e. The highest BCUT2D eigenvalue weighted by Gasteiger charge is 2.09. The molecule has 1 unspecified atom stereocenters. The molecular weight excluding hydrogens is 264 g/mol. The third-order valence-electron chi connectivity index (χ3n) is 3.25. The van der Waals surface area contributed by atoms with E-state index in [1.807, 2.05) is 17.7 Å². The lowest BCUT2D eigenvalue weighted by Gasteiger charge is -2.14. The van der Waals surface area contributed by atoms with Gasteiger partial charge >= 0.3 is 0 Å². The van der Waals surface area contributed by atoms with Crippen LogP contribution in [0.5, 0.6) is 5.75 Å². The Balaban J connectivity index is 2.10. The molecule has 21 heavy (non-hydrogen) atoms. The highest BCUT2D eigenvalue weighted by molar-refractivity contribution is 5.37. The maximum atomic E-state index is 5.95. The van der Waals surface area contributed by atoms with Gasteiger partial charge in [0, 0.05) is 12.6 Å². The summed E-state index contributed by atoms with van der Waals surface area (Å²) in [7, 11) is 0. The molecule has 1 heterocycles. The molecule has 1 aromatic heterocycles. The number of aromatic nitrogens is 3. The van der Waals surface area contributed by atoms with Crippen LogP contribution in [0.1, 0.15) is 37.2 Å². The number of aryl methyl sites for hydroxylation is 2. The minimum atomic E-state index is 0.109. The van der Waals surface area contributed by atoms with Crippen molar-refractivity contribution in [1.82, 2.24) is 14.8 Å². The van der Waals surface area contributed by atoms with E-state index in [2.05, 4.69) is 36.1 Å². The normalized spacial score (nSPS) is 12.4. The van der Waals surface area contributed by atoms with Gasteiger partial charge in [-0.3, -0.25) is 0 Å². The molecule has 0 aliphatic carbocycles. The Morgan fingerprint density at radius 1 is 1.38 bits per heavy atom. The van der Waals surface area contributed by atoms with Gasteiger partial charge < -0.3 is 10.5 Å². The van der Waals surface area contributed by atoms with Gasteiger partial charge in [0.15, 0.2) is 5.82 Å². The molecule has 5 nitrogen and oxygen atoms in total. The molecule has 1 atom stereocenters. The summed E-state index contributed by atoms with van der Waals surface area (Å²) < 4.78 is 7.83. The van der Waals surface area contributed by atoms with Crippen molar-refractivity contribution in [3.05, 3.63) is 41.5 Å². The van der Waals surface area contributed by atoms with Crippen molar-refractivity contribution in [2.75, 3.05) is 0 Å². The van der Waals surface area contributed by atoms with Crippen molar-refractivity contribution in [2.45, 2.75) is 52.8 Å². The van der Waals surface area contributed by atoms with Crippen LogP contribution in [-0.2, 0) is 19.6 Å². The van der Waals surface area contributed by atoms with Gasteiger partial charge in [-0.2, -0.15) is 5.10 Å². The monoisotopic (exact) mass is 288 g/mol. The zero-order chi connectivity index (χ0) is 15.2. The summed E-state index contributed by atoms with van der Waals surface area (Å²) in [6.45, 7) is 7.48. The maximum Gasteiger partial charge on any atom is 0.164 e. The summed E-state index contributed by atoms with van der Waals surface area (Å²) in [5.41, 5.74) is 8.28. The molecule has 0 saturated carbocycles. The van der Waals surface area contributed by atoms with Crippen molar-refractivity contribution >= 4 is 0 Å². The Morgan fingerprint density at radius 3 is 2.90 bits per heavy atom. The van der Waals surface area contributed by atoms with Gasteiger partial charge in [0.2, 0.25) is 0 Å². The molecule has 0 fully saturated rings. The fourth-order valence-electron chi connectivity index (χ4n) is 2.30. The first-order valence-electron chi connectivity index (χ1n) is 7.44. The van der Waals surface area contributed by atoms with E-state index >= 15 is 0 Å². The van der Waals surface area contributed by atoms with Gasteiger partial charge in [0.1, 0.15) is 18.7 Å². The Bertz CT molecular complexity index is 577. The van der Waals surface area contributed by atoms with E-state index < -0.39 is 0 Å². The summed E-state index contributed by atoms with van der Waals surface area (Å²) in [6, 6.07) is 6.30. The van der Waals surface area contributed by atoms with Crippen LogP contribution in [0.4, 0.5) is 0 Å². The van der Waals surface area contributed by atoms with Crippen LogP contribution in [0.25, 0.3) is 0 Å². The molecule has 0 aliphatic heterocycles. The number of nitrogens with zero attached hydrogens (tertiary/aromatic N) is 3. The highest BCUT2D eigenvalue weighted by atomic mass is 16.5. The van der Waals surface area contributed by atoms with Crippen LogP contribution in [0.2, 0.25) is 0 Å².